The molecule has 6 nitrogen and oxygen atoms in total. The minimum absolute atomic E-state index is 0.00107. The van der Waals surface area contributed by atoms with Crippen LogP contribution in [0.2, 0.25) is 0 Å². The average molecular weight is 372 g/mol. The van der Waals surface area contributed by atoms with Crippen LogP contribution in [-0.4, -0.2) is 29.5 Å². The zero-order chi connectivity index (χ0) is 18.1. The molecular formula is C18H13FN2O4S. The Morgan fingerprint density at radius 3 is 2.81 bits per heavy atom. The van der Waals surface area contributed by atoms with Crippen LogP contribution in [-0.2, 0) is 4.79 Å². The summed E-state index contributed by atoms with van der Waals surface area (Å²) in [6.45, 7) is 0.168. The molecule has 1 saturated heterocycles. The molecule has 0 spiro atoms. The van der Waals surface area contributed by atoms with Gasteiger partial charge < -0.3 is 14.8 Å². The van der Waals surface area contributed by atoms with Gasteiger partial charge >= 0.3 is 0 Å². The molecule has 26 heavy (non-hydrogen) atoms. The van der Waals surface area contributed by atoms with Crippen molar-refractivity contribution in [2.75, 3.05) is 18.8 Å². The number of carbonyl (C=O) groups is 2. The van der Waals surface area contributed by atoms with Gasteiger partial charge in [0.15, 0.2) is 11.5 Å². The maximum atomic E-state index is 13.7. The predicted molar refractivity (Wildman–Crippen MR) is 95.3 cm³/mol. The van der Waals surface area contributed by atoms with Crippen molar-refractivity contribution in [1.82, 2.24) is 4.90 Å². The van der Waals surface area contributed by atoms with Gasteiger partial charge in [-0.3, -0.25) is 14.5 Å². The molecule has 0 bridgehead atoms. The highest BCUT2D eigenvalue weighted by molar-refractivity contribution is 8.18. The van der Waals surface area contributed by atoms with E-state index in [0.29, 0.717) is 17.2 Å². The van der Waals surface area contributed by atoms with Crippen LogP contribution >= 0.6 is 11.8 Å². The second-order valence-corrected chi connectivity index (χ2v) is 6.53. The van der Waals surface area contributed by atoms with Crippen molar-refractivity contribution in [2.45, 2.75) is 0 Å². The summed E-state index contributed by atoms with van der Waals surface area (Å²) in [7, 11) is 0. The second-order valence-electron chi connectivity index (χ2n) is 5.53. The highest BCUT2D eigenvalue weighted by Crippen LogP contribution is 2.35. The van der Waals surface area contributed by atoms with E-state index in [4.69, 9.17) is 9.47 Å². The first-order valence-electron chi connectivity index (χ1n) is 7.75. The van der Waals surface area contributed by atoms with Gasteiger partial charge in [0.25, 0.3) is 11.1 Å². The quantitative estimate of drug-likeness (QED) is 0.826. The molecule has 8 heteroatoms. The van der Waals surface area contributed by atoms with Gasteiger partial charge in [0, 0.05) is 17.3 Å². The smallest absolute Gasteiger partial charge is 0.295 e. The van der Waals surface area contributed by atoms with Gasteiger partial charge in [0.2, 0.25) is 6.79 Å². The van der Waals surface area contributed by atoms with Crippen LogP contribution in [0.1, 0.15) is 5.56 Å². The fraction of sp³-hybridized carbons (Fsp3) is 0.111. The highest BCUT2D eigenvalue weighted by Gasteiger charge is 2.35. The molecule has 0 saturated carbocycles. The fourth-order valence-electron chi connectivity index (χ4n) is 2.55. The molecule has 132 valence electrons. The van der Waals surface area contributed by atoms with Crippen LogP contribution in [0.3, 0.4) is 0 Å². The summed E-state index contributed by atoms with van der Waals surface area (Å²) in [5.41, 5.74) is 0.952. The third-order valence-electron chi connectivity index (χ3n) is 3.88. The Bertz CT molecular complexity index is 931. The zero-order valence-electron chi connectivity index (χ0n) is 13.4. The van der Waals surface area contributed by atoms with Crippen LogP contribution in [0.4, 0.5) is 14.9 Å². The standard InChI is InChI=1S/C18H13FN2O4S/c19-13-4-2-1-3-11(13)7-16-17(22)21(18(23)26-16)9-20-12-5-6-14-15(8-12)25-10-24-14/h1-8,20H,9-10H2/b16-7+. The summed E-state index contributed by atoms with van der Waals surface area (Å²) in [5.74, 6) is 0.340. The minimum Gasteiger partial charge on any atom is -0.454 e. The van der Waals surface area contributed by atoms with Gasteiger partial charge in [-0.2, -0.15) is 0 Å². The molecule has 2 aromatic carbocycles. The van der Waals surface area contributed by atoms with E-state index in [9.17, 15) is 14.0 Å². The lowest BCUT2D eigenvalue weighted by molar-refractivity contribution is -0.122. The van der Waals surface area contributed by atoms with Gasteiger partial charge in [-0.1, -0.05) is 18.2 Å². The Labute approximate surface area is 152 Å². The first-order valence-corrected chi connectivity index (χ1v) is 8.57. The van der Waals surface area contributed by atoms with Crippen molar-refractivity contribution in [3.63, 3.8) is 0 Å². The van der Waals surface area contributed by atoms with Gasteiger partial charge in [0.05, 0.1) is 11.6 Å². The molecule has 2 aliphatic heterocycles. The third kappa shape index (κ3) is 3.11. The van der Waals surface area contributed by atoms with Crippen molar-refractivity contribution < 1.29 is 23.5 Å². The summed E-state index contributed by atoms with van der Waals surface area (Å²) in [5, 5.41) is 2.60. The number of hydrogen-bond donors (Lipinski definition) is 1. The molecule has 0 unspecified atom stereocenters. The molecule has 2 aromatic rings. The first-order chi connectivity index (χ1) is 12.6. The maximum Gasteiger partial charge on any atom is 0.295 e. The van der Waals surface area contributed by atoms with Crippen LogP contribution in [0, 0.1) is 5.82 Å². The fourth-order valence-corrected chi connectivity index (χ4v) is 3.38. The van der Waals surface area contributed by atoms with Gasteiger partial charge in [-0.25, -0.2) is 4.39 Å². The molecule has 1 N–H and O–H groups in total. The Kier molecular flexibility index (Phi) is 4.26. The molecule has 1 fully saturated rings. The zero-order valence-corrected chi connectivity index (χ0v) is 14.2. The van der Waals surface area contributed by atoms with Gasteiger partial charge in [-0.15, -0.1) is 0 Å². The van der Waals surface area contributed by atoms with Crippen molar-refractivity contribution in [1.29, 1.82) is 0 Å². The average Bonchev–Trinajstić information content (AvgIpc) is 3.20. The maximum absolute atomic E-state index is 13.7. The Balaban J connectivity index is 1.47. The molecule has 0 atom stereocenters. The van der Waals surface area contributed by atoms with Crippen molar-refractivity contribution in [2.24, 2.45) is 0 Å². The largest absolute Gasteiger partial charge is 0.454 e. The Hall–Kier alpha value is -3.00. The van der Waals surface area contributed by atoms with E-state index in [1.54, 1.807) is 36.4 Å². The molecule has 4 rings (SSSR count). The van der Waals surface area contributed by atoms with Gasteiger partial charge in [-0.05, 0) is 36.0 Å². The number of carbonyl (C=O) groups excluding carboxylic acids is 2. The lowest BCUT2D eigenvalue weighted by atomic mass is 10.2. The van der Waals surface area contributed by atoms with Crippen LogP contribution in [0.25, 0.3) is 6.08 Å². The van der Waals surface area contributed by atoms with Crippen molar-refractivity contribution >= 4 is 34.7 Å². The molecule has 0 radical (unpaired) electrons. The molecule has 0 aliphatic carbocycles. The first kappa shape index (κ1) is 16.5. The van der Waals surface area contributed by atoms with E-state index >= 15 is 0 Å². The number of ether oxygens (including phenoxy) is 2. The SMILES string of the molecule is O=C1S/C(=C/c2ccccc2F)C(=O)N1CNc1ccc2c(c1)OCO2. The van der Waals surface area contributed by atoms with E-state index in [1.165, 1.54) is 12.1 Å². The van der Waals surface area contributed by atoms with Crippen LogP contribution < -0.4 is 14.8 Å². The number of benzene rings is 2. The number of fused-ring (bicyclic) bond motifs is 1. The minimum atomic E-state index is -0.462. The second kappa shape index (κ2) is 6.72. The molecule has 0 aromatic heterocycles. The lowest BCUT2D eigenvalue weighted by Gasteiger charge is -2.14. The monoisotopic (exact) mass is 372 g/mol. The number of amides is 2. The van der Waals surface area contributed by atoms with Gasteiger partial charge in [0.1, 0.15) is 5.82 Å². The van der Waals surface area contributed by atoms with E-state index in [0.717, 1.165) is 16.7 Å². The van der Waals surface area contributed by atoms with E-state index < -0.39 is 17.0 Å². The Morgan fingerprint density at radius 2 is 1.96 bits per heavy atom. The summed E-state index contributed by atoms with van der Waals surface area (Å²) in [4.78, 5) is 25.8. The normalized spacial score (nSPS) is 17.3. The van der Waals surface area contributed by atoms with E-state index in [2.05, 4.69) is 5.32 Å². The number of hydrogen-bond acceptors (Lipinski definition) is 6. The summed E-state index contributed by atoms with van der Waals surface area (Å²) >= 11 is 0.788. The number of anilines is 1. The topological polar surface area (TPSA) is 67.9 Å². The molecular weight excluding hydrogens is 359 g/mol. The predicted octanol–water partition coefficient (Wildman–Crippen LogP) is 3.66. The molecule has 2 amide bonds. The summed E-state index contributed by atoms with van der Waals surface area (Å²) in [6, 6.07) is 11.3. The lowest BCUT2D eigenvalue weighted by Crippen LogP contribution is -2.33. The van der Waals surface area contributed by atoms with Crippen molar-refractivity contribution in [3.05, 3.63) is 58.8 Å². The molecule has 2 heterocycles. The molecule has 2 aliphatic rings. The number of imide groups is 1. The number of nitrogens with one attached hydrogen (secondary N) is 1. The summed E-state index contributed by atoms with van der Waals surface area (Å²) < 4.78 is 24.3. The van der Waals surface area contributed by atoms with Crippen LogP contribution in [0.5, 0.6) is 11.5 Å². The number of nitrogens with zero attached hydrogens (tertiary/aromatic N) is 1. The van der Waals surface area contributed by atoms with E-state index in [1.807, 2.05) is 0 Å². The van der Waals surface area contributed by atoms with E-state index in [-0.39, 0.29) is 23.9 Å². The van der Waals surface area contributed by atoms with Crippen molar-refractivity contribution in [3.8, 4) is 11.5 Å². The van der Waals surface area contributed by atoms with Crippen LogP contribution in [0.15, 0.2) is 47.4 Å². The third-order valence-corrected chi connectivity index (χ3v) is 4.79. The number of thioether (sulfide) groups is 1. The highest BCUT2D eigenvalue weighted by atomic mass is 32.2. The number of halogens is 1. The Morgan fingerprint density at radius 1 is 1.15 bits per heavy atom. The number of rotatable bonds is 4. The summed E-state index contributed by atoms with van der Waals surface area (Å²) in [6.07, 6.45) is 1.39.